The quantitative estimate of drug-likeness (QED) is 0.786. The lowest BCUT2D eigenvalue weighted by Gasteiger charge is -2.14. The number of carbonyl (C=O) groups excluding carboxylic acids is 1. The van der Waals surface area contributed by atoms with Gasteiger partial charge in [-0.05, 0) is 25.9 Å². The van der Waals surface area contributed by atoms with Gasteiger partial charge >= 0.3 is 0 Å². The Morgan fingerprint density at radius 2 is 2.12 bits per heavy atom. The molecule has 1 saturated heterocycles. The summed E-state index contributed by atoms with van der Waals surface area (Å²) in [5, 5.41) is 0. The van der Waals surface area contributed by atoms with Crippen LogP contribution in [0.2, 0.25) is 0 Å². The fourth-order valence-electron chi connectivity index (χ4n) is 2.30. The number of rotatable bonds is 5. The van der Waals surface area contributed by atoms with Crippen LogP contribution >= 0.6 is 0 Å². The average molecular weight is 232 g/mol. The lowest BCUT2D eigenvalue weighted by molar-refractivity contribution is 0.0976. The summed E-state index contributed by atoms with van der Waals surface area (Å²) in [7, 11) is 0. The van der Waals surface area contributed by atoms with Gasteiger partial charge in [-0.3, -0.25) is 4.79 Å². The van der Waals surface area contributed by atoms with Gasteiger partial charge in [0.2, 0.25) is 0 Å². The zero-order chi connectivity index (χ0) is 12.1. The number of carbonyl (C=O) groups is 1. The molecule has 0 radical (unpaired) electrons. The van der Waals surface area contributed by atoms with Crippen LogP contribution in [0.4, 0.5) is 0 Å². The number of Topliss-reactive ketones (excluding diaryl/α,β-unsaturated/α-hetero) is 1. The van der Waals surface area contributed by atoms with Gasteiger partial charge in [0, 0.05) is 24.6 Å². The zero-order valence-electron chi connectivity index (χ0n) is 10.1. The van der Waals surface area contributed by atoms with Crippen molar-refractivity contribution in [1.82, 2.24) is 4.90 Å². The molecule has 0 aliphatic carbocycles. The molecular weight excluding hydrogens is 212 g/mol. The van der Waals surface area contributed by atoms with Crippen molar-refractivity contribution < 1.29 is 4.79 Å². The first-order valence-corrected chi connectivity index (χ1v) is 6.32. The summed E-state index contributed by atoms with van der Waals surface area (Å²) < 4.78 is 0. The molecule has 1 fully saturated rings. The molecule has 92 valence electrons. The van der Waals surface area contributed by atoms with Gasteiger partial charge in [-0.15, -0.1) is 0 Å². The van der Waals surface area contributed by atoms with E-state index in [1.54, 1.807) is 0 Å². The number of ketones is 1. The molecule has 0 bridgehead atoms. The van der Waals surface area contributed by atoms with Gasteiger partial charge in [-0.2, -0.15) is 0 Å². The van der Waals surface area contributed by atoms with Crippen molar-refractivity contribution in [1.29, 1.82) is 0 Å². The predicted octanol–water partition coefficient (Wildman–Crippen LogP) is 1.68. The summed E-state index contributed by atoms with van der Waals surface area (Å²) >= 11 is 0. The van der Waals surface area contributed by atoms with E-state index < -0.39 is 0 Å². The van der Waals surface area contributed by atoms with Gasteiger partial charge in [0.05, 0.1) is 0 Å². The van der Waals surface area contributed by atoms with E-state index in [1.807, 2.05) is 30.3 Å². The van der Waals surface area contributed by atoms with Crippen molar-refractivity contribution in [3.05, 3.63) is 35.9 Å². The van der Waals surface area contributed by atoms with Gasteiger partial charge in [0.15, 0.2) is 5.78 Å². The van der Waals surface area contributed by atoms with E-state index >= 15 is 0 Å². The third-order valence-electron chi connectivity index (χ3n) is 3.28. The second-order valence-corrected chi connectivity index (χ2v) is 4.74. The summed E-state index contributed by atoms with van der Waals surface area (Å²) in [5.41, 5.74) is 6.66. The highest BCUT2D eigenvalue weighted by Gasteiger charge is 2.18. The van der Waals surface area contributed by atoms with Crippen LogP contribution < -0.4 is 5.73 Å². The maximum Gasteiger partial charge on any atom is 0.162 e. The first kappa shape index (κ1) is 12.3. The molecule has 0 aromatic heterocycles. The molecule has 1 unspecified atom stereocenters. The summed E-state index contributed by atoms with van der Waals surface area (Å²) in [6, 6.07) is 9.85. The van der Waals surface area contributed by atoms with Crippen LogP contribution in [0, 0.1) is 0 Å². The maximum atomic E-state index is 11.8. The summed E-state index contributed by atoms with van der Waals surface area (Å²) in [6.07, 6.45) is 2.66. The summed E-state index contributed by atoms with van der Waals surface area (Å²) in [4.78, 5) is 14.2. The Balaban J connectivity index is 1.70. The van der Waals surface area contributed by atoms with Crippen LogP contribution in [0.1, 0.15) is 29.6 Å². The molecular formula is C14H20N2O. The largest absolute Gasteiger partial charge is 0.326 e. The fourth-order valence-corrected chi connectivity index (χ4v) is 2.30. The molecule has 2 N–H and O–H groups in total. The molecule has 0 saturated carbocycles. The Morgan fingerprint density at radius 1 is 1.35 bits per heavy atom. The monoisotopic (exact) mass is 232 g/mol. The van der Waals surface area contributed by atoms with Gasteiger partial charge in [0.25, 0.3) is 0 Å². The summed E-state index contributed by atoms with van der Waals surface area (Å²) in [5.74, 6) is 0.245. The van der Waals surface area contributed by atoms with E-state index in [1.165, 1.54) is 0 Å². The first-order chi connectivity index (χ1) is 8.25. The molecule has 1 atom stereocenters. The number of hydrogen-bond acceptors (Lipinski definition) is 3. The third-order valence-corrected chi connectivity index (χ3v) is 3.28. The van der Waals surface area contributed by atoms with Crippen LogP contribution in [0.25, 0.3) is 0 Å². The SMILES string of the molecule is NC1CCN(CCCC(=O)c2ccccc2)C1. The van der Waals surface area contributed by atoms with E-state index in [9.17, 15) is 4.79 Å². The van der Waals surface area contributed by atoms with Crippen LogP contribution in [0.5, 0.6) is 0 Å². The number of benzene rings is 1. The van der Waals surface area contributed by atoms with Crippen molar-refractivity contribution in [2.75, 3.05) is 19.6 Å². The van der Waals surface area contributed by atoms with E-state index in [4.69, 9.17) is 5.73 Å². The molecule has 3 heteroatoms. The van der Waals surface area contributed by atoms with Crippen molar-refractivity contribution in [2.45, 2.75) is 25.3 Å². The molecule has 1 aliphatic rings. The third kappa shape index (κ3) is 3.65. The molecule has 0 amide bonds. The van der Waals surface area contributed by atoms with E-state index in [-0.39, 0.29) is 5.78 Å². The topological polar surface area (TPSA) is 46.3 Å². The maximum absolute atomic E-state index is 11.8. The molecule has 2 rings (SSSR count). The molecule has 1 aromatic carbocycles. The zero-order valence-corrected chi connectivity index (χ0v) is 10.1. The van der Waals surface area contributed by atoms with Crippen molar-refractivity contribution in [2.24, 2.45) is 5.73 Å². The van der Waals surface area contributed by atoms with Crippen LogP contribution in [-0.4, -0.2) is 36.4 Å². The smallest absolute Gasteiger partial charge is 0.162 e. The second-order valence-electron chi connectivity index (χ2n) is 4.74. The lowest BCUT2D eigenvalue weighted by atomic mass is 10.1. The molecule has 1 heterocycles. The molecule has 1 aromatic rings. The molecule has 17 heavy (non-hydrogen) atoms. The Kier molecular flexibility index (Phi) is 4.29. The molecule has 1 aliphatic heterocycles. The normalized spacial score (nSPS) is 20.6. The van der Waals surface area contributed by atoms with Crippen molar-refractivity contribution >= 4 is 5.78 Å². The minimum absolute atomic E-state index is 0.245. The number of nitrogens with zero attached hydrogens (tertiary/aromatic N) is 1. The van der Waals surface area contributed by atoms with Gasteiger partial charge in [-0.25, -0.2) is 0 Å². The second kappa shape index (κ2) is 5.94. The van der Waals surface area contributed by atoms with Crippen LogP contribution in [0.15, 0.2) is 30.3 Å². The van der Waals surface area contributed by atoms with Crippen molar-refractivity contribution in [3.63, 3.8) is 0 Å². The minimum atomic E-state index is 0.245. The van der Waals surface area contributed by atoms with Gasteiger partial charge in [-0.1, -0.05) is 30.3 Å². The fraction of sp³-hybridized carbons (Fsp3) is 0.500. The lowest BCUT2D eigenvalue weighted by Crippen LogP contribution is -2.27. The summed E-state index contributed by atoms with van der Waals surface area (Å²) in [6.45, 7) is 3.06. The number of likely N-dealkylation sites (tertiary alicyclic amines) is 1. The Hall–Kier alpha value is -1.19. The van der Waals surface area contributed by atoms with E-state index in [2.05, 4.69) is 4.90 Å². The highest BCUT2D eigenvalue weighted by Crippen LogP contribution is 2.10. The average Bonchev–Trinajstić information content (AvgIpc) is 2.76. The van der Waals surface area contributed by atoms with Crippen LogP contribution in [0.3, 0.4) is 0 Å². The molecule has 3 nitrogen and oxygen atoms in total. The van der Waals surface area contributed by atoms with E-state index in [0.29, 0.717) is 12.5 Å². The predicted molar refractivity (Wildman–Crippen MR) is 69.0 cm³/mol. The van der Waals surface area contributed by atoms with Gasteiger partial charge < -0.3 is 10.6 Å². The van der Waals surface area contributed by atoms with Crippen molar-refractivity contribution in [3.8, 4) is 0 Å². The highest BCUT2D eigenvalue weighted by atomic mass is 16.1. The Morgan fingerprint density at radius 3 is 2.76 bits per heavy atom. The molecule has 0 spiro atoms. The number of nitrogens with two attached hydrogens (primary N) is 1. The van der Waals surface area contributed by atoms with Crippen LogP contribution in [-0.2, 0) is 0 Å². The van der Waals surface area contributed by atoms with E-state index in [0.717, 1.165) is 38.0 Å². The van der Waals surface area contributed by atoms with Gasteiger partial charge in [0.1, 0.15) is 0 Å². The Bertz CT molecular complexity index is 364. The first-order valence-electron chi connectivity index (χ1n) is 6.32. The number of hydrogen-bond donors (Lipinski definition) is 1. The standard InChI is InChI=1S/C14H20N2O/c15-13-8-10-16(11-13)9-4-7-14(17)12-5-2-1-3-6-12/h1-3,5-6,13H,4,7-11,15H2. The highest BCUT2D eigenvalue weighted by molar-refractivity contribution is 5.95. The minimum Gasteiger partial charge on any atom is -0.326 e. The Labute approximate surface area is 103 Å².